The van der Waals surface area contributed by atoms with Crippen molar-refractivity contribution < 1.29 is 28.4 Å². The lowest BCUT2D eigenvalue weighted by atomic mass is 10.1. The Morgan fingerprint density at radius 1 is 0.850 bits per heavy atom. The average molecular weight is 554 g/mol. The molecule has 7 nitrogen and oxygen atoms in total. The van der Waals surface area contributed by atoms with Gasteiger partial charge >= 0.3 is 5.97 Å². The van der Waals surface area contributed by atoms with Crippen LogP contribution in [0.2, 0.25) is 5.02 Å². The van der Waals surface area contributed by atoms with Crippen LogP contribution in [-0.4, -0.2) is 35.7 Å². The summed E-state index contributed by atoms with van der Waals surface area (Å²) in [7, 11) is 1.58. The fraction of sp³-hybridized carbons (Fsp3) is 0.125. The Morgan fingerprint density at radius 2 is 1.52 bits per heavy atom. The molecule has 40 heavy (non-hydrogen) atoms. The Hall–Kier alpha value is -4.75. The molecule has 0 aliphatic rings. The molecule has 0 N–H and O–H groups in total. The highest BCUT2D eigenvalue weighted by Gasteiger charge is 2.22. The van der Waals surface area contributed by atoms with Gasteiger partial charge in [0, 0.05) is 34.5 Å². The number of fused-ring (bicyclic) bond motifs is 1. The summed E-state index contributed by atoms with van der Waals surface area (Å²) in [6, 6.07) is 22.7. The maximum absolute atomic E-state index is 13.3. The van der Waals surface area contributed by atoms with Gasteiger partial charge in [0.1, 0.15) is 5.75 Å². The lowest BCUT2D eigenvalue weighted by Crippen LogP contribution is -2.37. The van der Waals surface area contributed by atoms with E-state index in [-0.39, 0.29) is 24.7 Å². The molecule has 5 rings (SSSR count). The third-order valence-electron chi connectivity index (χ3n) is 6.57. The van der Waals surface area contributed by atoms with Crippen molar-refractivity contribution in [2.75, 3.05) is 13.7 Å². The molecular formula is C32H26ClN2O5+. The Labute approximate surface area is 236 Å². The number of carbonyl (C=O) groups excluding carboxylic acids is 3. The van der Waals surface area contributed by atoms with Crippen LogP contribution < -0.4 is 9.30 Å². The Bertz CT molecular complexity index is 1710. The molecule has 3 aromatic heterocycles. The second-order valence-corrected chi connectivity index (χ2v) is 9.52. The van der Waals surface area contributed by atoms with Crippen LogP contribution in [0.5, 0.6) is 5.75 Å². The van der Waals surface area contributed by atoms with Gasteiger partial charge < -0.3 is 13.9 Å². The number of pyridine rings is 2. The summed E-state index contributed by atoms with van der Waals surface area (Å²) in [5.74, 6) is -0.0689. The minimum atomic E-state index is -0.504. The van der Waals surface area contributed by atoms with Crippen LogP contribution in [0.1, 0.15) is 43.7 Å². The lowest BCUT2D eigenvalue weighted by molar-refractivity contribution is -0.683. The molecule has 0 amide bonds. The zero-order chi connectivity index (χ0) is 28.2. The van der Waals surface area contributed by atoms with E-state index in [0.717, 1.165) is 11.1 Å². The highest BCUT2D eigenvalue weighted by atomic mass is 35.5. The van der Waals surface area contributed by atoms with E-state index in [0.29, 0.717) is 38.7 Å². The molecule has 0 saturated carbocycles. The van der Waals surface area contributed by atoms with Gasteiger partial charge in [-0.25, -0.2) is 4.79 Å². The third kappa shape index (κ3) is 5.51. The first-order valence-corrected chi connectivity index (χ1v) is 13.0. The van der Waals surface area contributed by atoms with Crippen molar-refractivity contribution in [3.05, 3.63) is 125 Å². The molecule has 0 fully saturated rings. The van der Waals surface area contributed by atoms with E-state index < -0.39 is 5.97 Å². The van der Waals surface area contributed by atoms with Gasteiger partial charge in [0.05, 0.1) is 30.5 Å². The summed E-state index contributed by atoms with van der Waals surface area (Å²) in [6.45, 7) is 2.14. The summed E-state index contributed by atoms with van der Waals surface area (Å²) >= 11 is 5.99. The summed E-state index contributed by atoms with van der Waals surface area (Å²) in [5.41, 5.74) is 3.99. The van der Waals surface area contributed by atoms with Crippen molar-refractivity contribution in [1.29, 1.82) is 0 Å². The second-order valence-electron chi connectivity index (χ2n) is 9.08. The van der Waals surface area contributed by atoms with Gasteiger partial charge in [0.2, 0.25) is 18.1 Å². The third-order valence-corrected chi connectivity index (χ3v) is 6.82. The maximum Gasteiger partial charge on any atom is 0.340 e. The molecule has 2 aromatic carbocycles. The summed E-state index contributed by atoms with van der Waals surface area (Å²) in [5, 5.41) is 0.530. The van der Waals surface area contributed by atoms with Gasteiger partial charge in [-0.05, 0) is 84.8 Å². The topological polar surface area (TPSA) is 78.0 Å². The number of ether oxygens (including phenoxy) is 2. The van der Waals surface area contributed by atoms with Crippen LogP contribution in [-0.2, 0) is 11.3 Å². The summed E-state index contributed by atoms with van der Waals surface area (Å²) in [6.07, 6.45) is 5.44. The quantitative estimate of drug-likeness (QED) is 0.130. The van der Waals surface area contributed by atoms with Crippen LogP contribution >= 0.6 is 11.6 Å². The van der Waals surface area contributed by atoms with Gasteiger partial charge in [-0.2, -0.15) is 4.57 Å². The highest BCUT2D eigenvalue weighted by Crippen LogP contribution is 2.27. The van der Waals surface area contributed by atoms with Crippen LogP contribution in [0.3, 0.4) is 0 Å². The van der Waals surface area contributed by atoms with E-state index in [4.69, 9.17) is 21.1 Å². The number of ketones is 2. The molecule has 8 heteroatoms. The number of carbonyl (C=O) groups is 3. The summed E-state index contributed by atoms with van der Waals surface area (Å²) < 4.78 is 13.9. The number of benzene rings is 2. The zero-order valence-corrected chi connectivity index (χ0v) is 22.7. The fourth-order valence-corrected chi connectivity index (χ4v) is 4.59. The van der Waals surface area contributed by atoms with E-state index in [2.05, 4.69) is 0 Å². The number of esters is 1. The molecule has 0 spiro atoms. The number of hydrogen-bond donors (Lipinski definition) is 0. The van der Waals surface area contributed by atoms with E-state index in [1.165, 1.54) is 0 Å². The minimum Gasteiger partial charge on any atom is -0.497 e. The number of hydrogen-bond acceptors (Lipinski definition) is 5. The first kappa shape index (κ1) is 26.8. The number of methoxy groups -OCH3 is 1. The maximum atomic E-state index is 13.3. The largest absolute Gasteiger partial charge is 0.497 e. The molecule has 3 heterocycles. The van der Waals surface area contributed by atoms with Crippen LogP contribution in [0, 0.1) is 0 Å². The van der Waals surface area contributed by atoms with Crippen LogP contribution in [0.4, 0.5) is 0 Å². The summed E-state index contributed by atoms with van der Waals surface area (Å²) in [4.78, 5) is 38.8. The fourth-order valence-electron chi connectivity index (χ4n) is 4.46. The first-order chi connectivity index (χ1) is 19.4. The average Bonchev–Trinajstić information content (AvgIpc) is 3.37. The first-order valence-electron chi connectivity index (χ1n) is 12.7. The normalized spacial score (nSPS) is 10.9. The van der Waals surface area contributed by atoms with Crippen molar-refractivity contribution >= 4 is 34.7 Å². The highest BCUT2D eigenvalue weighted by molar-refractivity contribution is 6.30. The van der Waals surface area contributed by atoms with Gasteiger partial charge in [0.25, 0.3) is 0 Å². The monoisotopic (exact) mass is 553 g/mol. The Kier molecular flexibility index (Phi) is 7.75. The van der Waals surface area contributed by atoms with Crippen molar-refractivity contribution in [2.24, 2.45) is 0 Å². The second kappa shape index (κ2) is 11.6. The number of aromatic nitrogens is 2. The molecule has 0 bridgehead atoms. The van der Waals surface area contributed by atoms with E-state index >= 15 is 0 Å². The Balaban J connectivity index is 1.44. The molecule has 0 aliphatic carbocycles. The molecule has 0 radical (unpaired) electrons. The number of nitrogens with zero attached hydrogens (tertiary/aromatic N) is 2. The Morgan fingerprint density at radius 3 is 2.17 bits per heavy atom. The van der Waals surface area contributed by atoms with Crippen LogP contribution in [0.25, 0.3) is 16.6 Å². The van der Waals surface area contributed by atoms with Crippen molar-refractivity contribution in [1.82, 2.24) is 4.40 Å². The molecular weight excluding hydrogens is 528 g/mol. The molecule has 0 atom stereocenters. The predicted octanol–water partition coefficient (Wildman–Crippen LogP) is 5.85. The van der Waals surface area contributed by atoms with Crippen LogP contribution in [0.15, 0.2) is 97.5 Å². The SMILES string of the molecule is CCOC(=O)c1cc(C(=O)c2ccc(Cl)cc2)n2ccc(-c3cc[n+](CC(=O)c4ccc(OC)cc4)cc3)cc12. The van der Waals surface area contributed by atoms with E-state index in [1.807, 2.05) is 36.7 Å². The standard InChI is InChI=1S/C32H26ClN2O5/c1-3-40-32(38)27-19-29(31(37)23-4-8-25(33)9-5-23)35-17-14-24(18-28(27)35)21-12-15-34(16-13-21)20-30(36)22-6-10-26(39-2)11-7-22/h4-19H,3,20H2,1-2H3/q+1. The number of rotatable bonds is 9. The lowest BCUT2D eigenvalue weighted by Gasteiger charge is -2.07. The van der Waals surface area contributed by atoms with Gasteiger partial charge in [-0.15, -0.1) is 0 Å². The van der Waals surface area contributed by atoms with Crippen molar-refractivity contribution in [3.8, 4) is 16.9 Å². The van der Waals surface area contributed by atoms with Gasteiger partial charge in [-0.1, -0.05) is 11.6 Å². The van der Waals surface area contributed by atoms with Gasteiger partial charge in [-0.3, -0.25) is 9.59 Å². The predicted molar refractivity (Wildman–Crippen MR) is 151 cm³/mol. The van der Waals surface area contributed by atoms with Gasteiger partial charge in [0.15, 0.2) is 12.4 Å². The number of halogens is 1. The number of Topliss-reactive ketones (excluding diaryl/α,β-unsaturated/α-hetero) is 1. The van der Waals surface area contributed by atoms with Crippen molar-refractivity contribution in [2.45, 2.75) is 13.5 Å². The molecule has 200 valence electrons. The molecule has 5 aromatic rings. The van der Waals surface area contributed by atoms with E-state index in [1.54, 1.807) is 83.8 Å². The minimum absolute atomic E-state index is 0.0213. The molecule has 0 aliphatic heterocycles. The van der Waals surface area contributed by atoms with Crippen molar-refractivity contribution in [3.63, 3.8) is 0 Å². The zero-order valence-electron chi connectivity index (χ0n) is 22.0. The van der Waals surface area contributed by atoms with E-state index in [9.17, 15) is 14.4 Å². The molecule has 0 unspecified atom stereocenters. The molecule has 0 saturated heterocycles. The smallest absolute Gasteiger partial charge is 0.340 e.